The molecule has 0 spiro atoms. The van der Waals surface area contributed by atoms with Crippen LogP contribution in [0.5, 0.6) is 0 Å². The van der Waals surface area contributed by atoms with Crippen LogP contribution >= 0.6 is 7.92 Å². The molecule has 4 aromatic rings. The van der Waals surface area contributed by atoms with Gasteiger partial charge in [-0.05, 0) is 62.8 Å². The molecule has 0 saturated heterocycles. The van der Waals surface area contributed by atoms with Crippen molar-refractivity contribution in [3.8, 4) is 0 Å². The van der Waals surface area contributed by atoms with Crippen molar-refractivity contribution < 1.29 is 9.53 Å². The van der Waals surface area contributed by atoms with Crippen molar-refractivity contribution in [3.05, 3.63) is 127 Å². The normalized spacial score (nSPS) is 19.9. The Bertz CT molecular complexity index is 1350. The molecule has 0 amide bonds. The van der Waals surface area contributed by atoms with Crippen LogP contribution in [0.25, 0.3) is 10.9 Å². The SMILES string of the molecule is COC(=O)C1CN([C@@H](C)[C]2[CH][CH][CH][C]2P(c2ccccc2)c2ccccc2)CCc2c1[nH]c1ccccc21. The van der Waals surface area contributed by atoms with Crippen molar-refractivity contribution >= 4 is 35.4 Å². The highest BCUT2D eigenvalue weighted by atomic mass is 31.1. The average molecular weight is 520 g/mol. The summed E-state index contributed by atoms with van der Waals surface area (Å²) in [5.74, 6) is 0.800. The molecule has 1 N–H and O–H groups in total. The summed E-state index contributed by atoms with van der Waals surface area (Å²) in [6.45, 7) is 3.78. The summed E-state index contributed by atoms with van der Waals surface area (Å²) in [5, 5.41) is 3.90. The fourth-order valence-electron chi connectivity index (χ4n) is 5.91. The number of hydrogen-bond acceptors (Lipinski definition) is 3. The first-order chi connectivity index (χ1) is 18.7. The van der Waals surface area contributed by atoms with Gasteiger partial charge in [0, 0.05) is 47.3 Å². The number of aromatic amines is 1. The van der Waals surface area contributed by atoms with Crippen molar-refractivity contribution in [1.82, 2.24) is 9.88 Å². The van der Waals surface area contributed by atoms with E-state index >= 15 is 0 Å². The predicted octanol–water partition coefficient (Wildman–Crippen LogP) is 5.54. The van der Waals surface area contributed by atoms with Gasteiger partial charge in [-0.15, -0.1) is 0 Å². The zero-order valence-electron chi connectivity index (χ0n) is 21.8. The maximum absolute atomic E-state index is 13.1. The topological polar surface area (TPSA) is 45.3 Å². The number of hydrogen-bond donors (Lipinski definition) is 1. The molecule has 1 saturated carbocycles. The van der Waals surface area contributed by atoms with E-state index in [9.17, 15) is 4.79 Å². The van der Waals surface area contributed by atoms with Gasteiger partial charge in [0.25, 0.3) is 0 Å². The number of nitrogens with zero attached hydrogens (tertiary/aromatic N) is 1. The number of carbonyl (C=O) groups is 1. The second-order valence-electron chi connectivity index (χ2n) is 9.93. The van der Waals surface area contributed by atoms with Crippen LogP contribution in [0.1, 0.15) is 24.1 Å². The molecule has 5 heteroatoms. The van der Waals surface area contributed by atoms with E-state index in [0.717, 1.165) is 24.2 Å². The number of aromatic nitrogens is 1. The van der Waals surface area contributed by atoms with Crippen LogP contribution in [0.4, 0.5) is 0 Å². The third-order valence-electron chi connectivity index (χ3n) is 7.84. The van der Waals surface area contributed by atoms with Crippen LogP contribution in [-0.2, 0) is 16.0 Å². The van der Waals surface area contributed by atoms with Gasteiger partial charge < -0.3 is 9.72 Å². The van der Waals surface area contributed by atoms with Gasteiger partial charge >= 0.3 is 5.97 Å². The molecule has 4 nitrogen and oxygen atoms in total. The van der Waals surface area contributed by atoms with E-state index in [4.69, 9.17) is 4.74 Å². The van der Waals surface area contributed by atoms with E-state index in [1.54, 1.807) is 0 Å². The molecular formula is C33H32N2O2P. The van der Waals surface area contributed by atoms with Crippen LogP contribution in [-0.4, -0.2) is 42.1 Å². The second-order valence-corrected chi connectivity index (χ2v) is 12.1. The van der Waals surface area contributed by atoms with Gasteiger partial charge in [0.05, 0.1) is 7.11 Å². The summed E-state index contributed by atoms with van der Waals surface area (Å²) in [4.78, 5) is 19.1. The Kier molecular flexibility index (Phi) is 7.37. The number of methoxy groups -OCH3 is 1. The lowest BCUT2D eigenvalue weighted by molar-refractivity contribution is -0.143. The van der Waals surface area contributed by atoms with E-state index in [2.05, 4.69) is 115 Å². The van der Waals surface area contributed by atoms with Gasteiger partial charge in [-0.25, -0.2) is 0 Å². The summed E-state index contributed by atoms with van der Waals surface area (Å²) in [7, 11) is 0.790. The van der Waals surface area contributed by atoms with Gasteiger partial charge in [0.1, 0.15) is 5.92 Å². The Labute approximate surface area is 227 Å². The third-order valence-corrected chi connectivity index (χ3v) is 10.4. The highest BCUT2D eigenvalue weighted by Crippen LogP contribution is 2.57. The molecule has 6 rings (SSSR count). The minimum atomic E-state index is -0.702. The lowest BCUT2D eigenvalue weighted by Crippen LogP contribution is -2.42. The molecule has 5 radical (unpaired) electrons. The number of esters is 1. The number of para-hydroxylation sites is 1. The van der Waals surface area contributed by atoms with Gasteiger partial charge in [-0.1, -0.05) is 78.9 Å². The first kappa shape index (κ1) is 25.3. The molecule has 1 aliphatic carbocycles. The molecule has 191 valence electrons. The quantitative estimate of drug-likeness (QED) is 0.269. The fraction of sp³-hybridized carbons (Fsp3) is 0.212. The number of rotatable bonds is 6. The standard InChI is InChI=1S/C33H32N2O2P/c1-23(26-17-11-19-31(26)38(24-12-5-3-6-13-24)25-14-7-4-8-15-25)35-21-20-28-27-16-9-10-18-30(27)34-32(28)29(22-35)33(36)37-2/h3-19,23,29,34H,20-22H2,1-2H3/t23-,29?/m0/s1. The molecule has 38 heavy (non-hydrogen) atoms. The fourth-order valence-corrected chi connectivity index (χ4v) is 8.46. The van der Waals surface area contributed by atoms with Crippen molar-refractivity contribution in [2.24, 2.45) is 0 Å². The molecule has 2 aliphatic rings. The van der Waals surface area contributed by atoms with E-state index in [0.29, 0.717) is 6.54 Å². The molecule has 1 unspecified atom stereocenters. The predicted molar refractivity (Wildman–Crippen MR) is 156 cm³/mol. The molecule has 1 fully saturated rings. The molecule has 1 aromatic heterocycles. The van der Waals surface area contributed by atoms with Gasteiger partial charge in [-0.2, -0.15) is 0 Å². The summed E-state index contributed by atoms with van der Waals surface area (Å²) in [5.41, 5.74) is 4.71. The van der Waals surface area contributed by atoms with Crippen LogP contribution in [0.2, 0.25) is 0 Å². The minimum Gasteiger partial charge on any atom is -0.468 e. The number of ether oxygens (including phenoxy) is 1. The Balaban J connectivity index is 1.32. The first-order valence-electron chi connectivity index (χ1n) is 13.2. The highest BCUT2D eigenvalue weighted by molar-refractivity contribution is 7.76. The average Bonchev–Trinajstić information content (AvgIpc) is 3.54. The lowest BCUT2D eigenvalue weighted by atomic mass is 9.96. The summed E-state index contributed by atoms with van der Waals surface area (Å²) >= 11 is 0. The largest absolute Gasteiger partial charge is 0.468 e. The maximum Gasteiger partial charge on any atom is 0.315 e. The minimum absolute atomic E-state index is 0.153. The zero-order chi connectivity index (χ0) is 26.1. The number of nitrogens with one attached hydrogen (secondary N) is 1. The van der Waals surface area contributed by atoms with Crippen LogP contribution in [0.15, 0.2) is 84.9 Å². The first-order valence-corrected chi connectivity index (χ1v) is 14.6. The number of H-pyrrole nitrogens is 1. The molecule has 1 aliphatic heterocycles. The summed E-state index contributed by atoms with van der Waals surface area (Å²) in [6.07, 6.45) is 7.64. The van der Waals surface area contributed by atoms with Crippen molar-refractivity contribution in [3.63, 3.8) is 0 Å². The van der Waals surface area contributed by atoms with Gasteiger partial charge in [0.2, 0.25) is 0 Å². The monoisotopic (exact) mass is 519 g/mol. The van der Waals surface area contributed by atoms with Gasteiger partial charge in [-0.3, -0.25) is 9.69 Å². The maximum atomic E-state index is 13.1. The van der Waals surface area contributed by atoms with Crippen molar-refractivity contribution in [1.29, 1.82) is 0 Å². The Hall–Kier alpha value is -2.94. The summed E-state index contributed by atoms with van der Waals surface area (Å²) < 4.78 is 5.31. The lowest BCUT2D eigenvalue weighted by Gasteiger charge is -2.38. The number of fused-ring (bicyclic) bond motifs is 3. The van der Waals surface area contributed by atoms with E-state index in [1.165, 1.54) is 40.2 Å². The van der Waals surface area contributed by atoms with Gasteiger partial charge in [0.15, 0.2) is 0 Å². The second kappa shape index (κ2) is 11.0. The van der Waals surface area contributed by atoms with E-state index < -0.39 is 7.92 Å². The Morgan fingerprint density at radius 1 is 0.947 bits per heavy atom. The van der Waals surface area contributed by atoms with Crippen molar-refractivity contribution in [2.75, 3.05) is 20.2 Å². The smallest absolute Gasteiger partial charge is 0.315 e. The van der Waals surface area contributed by atoms with E-state index in [1.807, 2.05) is 6.07 Å². The molecule has 2 heterocycles. The number of benzene rings is 3. The molecule has 2 atom stereocenters. The Morgan fingerprint density at radius 3 is 2.29 bits per heavy atom. The van der Waals surface area contributed by atoms with E-state index in [-0.39, 0.29) is 17.9 Å². The summed E-state index contributed by atoms with van der Waals surface area (Å²) in [6, 6.07) is 30.2. The third kappa shape index (κ3) is 4.70. The van der Waals surface area contributed by atoms with Crippen LogP contribution in [0.3, 0.4) is 0 Å². The van der Waals surface area contributed by atoms with Crippen LogP contribution in [0, 0.1) is 30.8 Å². The molecular weight excluding hydrogens is 487 g/mol. The molecule has 0 bridgehead atoms. The number of carbonyl (C=O) groups excluding carboxylic acids is 1. The zero-order valence-corrected chi connectivity index (χ0v) is 22.7. The molecule has 3 aromatic carbocycles. The van der Waals surface area contributed by atoms with Crippen molar-refractivity contribution in [2.45, 2.75) is 25.3 Å². The van der Waals surface area contributed by atoms with Crippen LogP contribution < -0.4 is 10.6 Å². The highest BCUT2D eigenvalue weighted by Gasteiger charge is 2.43. The Morgan fingerprint density at radius 2 is 1.61 bits per heavy atom.